The van der Waals surface area contributed by atoms with Gasteiger partial charge in [-0.2, -0.15) is 5.26 Å². The zero-order chi connectivity index (χ0) is 31.1. The summed E-state index contributed by atoms with van der Waals surface area (Å²) in [6.45, 7) is 0. The molecule has 10 rings (SSSR count). The molecule has 0 N–H and O–H groups in total. The lowest BCUT2D eigenvalue weighted by atomic mass is 9.98. The SMILES string of the molecule is N#Cc1cc(-c2ccc3sc4ccccc4c3c2)cc2c1oc1c(-n3c4ccccc4c4cc(-c5ccccc5)ccc43)cccc12. The minimum atomic E-state index is 0.532. The molecule has 0 fully saturated rings. The quantitative estimate of drug-likeness (QED) is 0.198. The normalized spacial score (nSPS) is 11.8. The van der Waals surface area contributed by atoms with Gasteiger partial charge in [-0.05, 0) is 76.9 Å². The molecule has 0 saturated heterocycles. The standard InChI is InChI=1S/C43H24N2OS/c44-25-30-21-29(28-18-20-41-35(23-28)32-12-5-7-16-40(32)47-41)24-36-33-13-8-15-39(43(33)46-42(30)36)45-37-14-6-4-11-31(37)34-22-27(17-19-38(34)45)26-9-2-1-3-10-26/h1-24H. The van der Waals surface area contributed by atoms with E-state index in [-0.39, 0.29) is 0 Å². The second kappa shape index (κ2) is 9.92. The fourth-order valence-corrected chi connectivity index (χ4v) is 8.35. The van der Waals surface area contributed by atoms with Gasteiger partial charge in [0.15, 0.2) is 11.2 Å². The Kier molecular flexibility index (Phi) is 5.51. The molecular formula is C43H24N2OS. The molecule has 7 aromatic carbocycles. The number of thiophene rings is 1. The lowest BCUT2D eigenvalue weighted by Crippen LogP contribution is -1.94. The Morgan fingerprint density at radius 1 is 0.468 bits per heavy atom. The number of nitriles is 1. The van der Waals surface area contributed by atoms with Crippen molar-refractivity contribution in [1.29, 1.82) is 5.26 Å². The van der Waals surface area contributed by atoms with Crippen molar-refractivity contribution in [1.82, 2.24) is 4.57 Å². The molecule has 218 valence electrons. The molecule has 0 aliphatic heterocycles. The fourth-order valence-electron chi connectivity index (χ4n) is 7.26. The number of hydrogen-bond donors (Lipinski definition) is 0. The van der Waals surface area contributed by atoms with Crippen LogP contribution in [-0.4, -0.2) is 4.57 Å². The molecule has 47 heavy (non-hydrogen) atoms. The van der Waals surface area contributed by atoms with Gasteiger partial charge in [-0.15, -0.1) is 11.3 Å². The largest absolute Gasteiger partial charge is 0.452 e. The molecule has 4 heteroatoms. The van der Waals surface area contributed by atoms with Crippen molar-refractivity contribution in [2.24, 2.45) is 0 Å². The highest BCUT2D eigenvalue weighted by Crippen LogP contribution is 2.42. The number of aromatic nitrogens is 1. The topological polar surface area (TPSA) is 41.9 Å². The number of rotatable bonds is 3. The van der Waals surface area contributed by atoms with E-state index in [1.807, 2.05) is 23.5 Å². The van der Waals surface area contributed by atoms with Crippen LogP contribution < -0.4 is 0 Å². The van der Waals surface area contributed by atoms with E-state index in [1.165, 1.54) is 42.1 Å². The van der Waals surface area contributed by atoms with Crippen LogP contribution >= 0.6 is 11.3 Å². The van der Waals surface area contributed by atoms with Crippen molar-refractivity contribution in [2.75, 3.05) is 0 Å². The van der Waals surface area contributed by atoms with Gasteiger partial charge in [0.2, 0.25) is 0 Å². The summed E-state index contributed by atoms with van der Waals surface area (Å²) in [6, 6.07) is 53.8. The molecule has 3 heterocycles. The molecular weight excluding hydrogens is 593 g/mol. The van der Waals surface area contributed by atoms with E-state index in [0.29, 0.717) is 11.1 Å². The molecule has 3 nitrogen and oxygen atoms in total. The average Bonchev–Trinajstić information content (AvgIpc) is 3.80. The predicted octanol–water partition coefficient (Wildman–Crippen LogP) is 12.3. The maximum atomic E-state index is 10.4. The van der Waals surface area contributed by atoms with Crippen LogP contribution in [0.15, 0.2) is 150 Å². The monoisotopic (exact) mass is 616 g/mol. The molecule has 0 atom stereocenters. The Labute approximate surface area is 273 Å². The van der Waals surface area contributed by atoms with Gasteiger partial charge in [0.05, 0.1) is 22.3 Å². The molecule has 0 bridgehead atoms. The fraction of sp³-hybridized carbons (Fsp3) is 0. The van der Waals surface area contributed by atoms with Crippen LogP contribution in [0.5, 0.6) is 0 Å². The highest BCUT2D eigenvalue weighted by atomic mass is 32.1. The number of hydrogen-bond acceptors (Lipinski definition) is 3. The first-order valence-corrected chi connectivity index (χ1v) is 16.5. The summed E-state index contributed by atoms with van der Waals surface area (Å²) in [5.74, 6) is 0. The zero-order valence-corrected chi connectivity index (χ0v) is 25.9. The van der Waals surface area contributed by atoms with Gasteiger partial charge in [-0.25, -0.2) is 0 Å². The maximum absolute atomic E-state index is 10.4. The Morgan fingerprint density at radius 2 is 1.15 bits per heavy atom. The minimum absolute atomic E-state index is 0.532. The number of nitrogens with zero attached hydrogens (tertiary/aromatic N) is 2. The van der Waals surface area contributed by atoms with Gasteiger partial charge in [0.1, 0.15) is 6.07 Å². The molecule has 0 radical (unpaired) electrons. The minimum Gasteiger partial charge on any atom is -0.452 e. The van der Waals surface area contributed by atoms with E-state index in [0.717, 1.165) is 44.2 Å². The second-order valence-corrected chi connectivity index (χ2v) is 13.1. The lowest BCUT2D eigenvalue weighted by molar-refractivity contribution is 0.665. The molecule has 0 aliphatic rings. The third-order valence-corrected chi connectivity index (χ3v) is 10.6. The van der Waals surface area contributed by atoms with Crippen LogP contribution in [0, 0.1) is 11.3 Å². The molecule has 0 amide bonds. The second-order valence-electron chi connectivity index (χ2n) is 12.0. The number of fused-ring (bicyclic) bond motifs is 9. The lowest BCUT2D eigenvalue weighted by Gasteiger charge is -2.09. The summed E-state index contributed by atoms with van der Waals surface area (Å²) in [6.07, 6.45) is 0. The van der Waals surface area contributed by atoms with E-state index in [9.17, 15) is 5.26 Å². The summed E-state index contributed by atoms with van der Waals surface area (Å²) < 4.78 is 11.5. The van der Waals surface area contributed by atoms with Gasteiger partial charge >= 0.3 is 0 Å². The van der Waals surface area contributed by atoms with Gasteiger partial charge in [0, 0.05) is 41.7 Å². The zero-order valence-electron chi connectivity index (χ0n) is 25.1. The smallest absolute Gasteiger partial charge is 0.159 e. The van der Waals surface area contributed by atoms with Gasteiger partial charge in [-0.3, -0.25) is 0 Å². The summed E-state index contributed by atoms with van der Waals surface area (Å²) in [7, 11) is 0. The highest BCUT2D eigenvalue weighted by molar-refractivity contribution is 7.25. The first-order chi connectivity index (χ1) is 23.2. The molecule has 3 aromatic heterocycles. The Bertz CT molecular complexity index is 2920. The molecule has 10 aromatic rings. The van der Waals surface area contributed by atoms with Gasteiger partial charge < -0.3 is 8.98 Å². The van der Waals surface area contributed by atoms with E-state index in [2.05, 4.69) is 144 Å². The Hall–Kier alpha value is -6.15. The number of para-hydroxylation sites is 2. The summed E-state index contributed by atoms with van der Waals surface area (Å²) in [4.78, 5) is 0. The molecule has 0 unspecified atom stereocenters. The number of benzene rings is 7. The maximum Gasteiger partial charge on any atom is 0.159 e. The third-order valence-electron chi connectivity index (χ3n) is 9.43. The van der Waals surface area contributed by atoms with E-state index in [1.54, 1.807) is 0 Å². The van der Waals surface area contributed by atoms with Crippen LogP contribution in [0.25, 0.3) is 91.9 Å². The molecule has 0 aliphatic carbocycles. The van der Waals surface area contributed by atoms with Crippen LogP contribution in [0.2, 0.25) is 0 Å². The van der Waals surface area contributed by atoms with Crippen molar-refractivity contribution in [2.45, 2.75) is 0 Å². The Balaban J connectivity index is 1.21. The van der Waals surface area contributed by atoms with Crippen molar-refractivity contribution >= 4 is 75.3 Å². The van der Waals surface area contributed by atoms with E-state index in [4.69, 9.17) is 4.42 Å². The van der Waals surface area contributed by atoms with Crippen LogP contribution in [0.1, 0.15) is 5.56 Å². The van der Waals surface area contributed by atoms with Crippen LogP contribution in [0.3, 0.4) is 0 Å². The summed E-state index contributed by atoms with van der Waals surface area (Å²) in [5.41, 5.74) is 9.55. The third kappa shape index (κ3) is 3.85. The first-order valence-electron chi connectivity index (χ1n) is 15.7. The van der Waals surface area contributed by atoms with Crippen molar-refractivity contribution < 1.29 is 4.42 Å². The first kappa shape index (κ1) is 26.1. The van der Waals surface area contributed by atoms with Crippen molar-refractivity contribution in [3.63, 3.8) is 0 Å². The number of furan rings is 1. The molecule has 0 spiro atoms. The molecule has 0 saturated carbocycles. The average molecular weight is 617 g/mol. The van der Waals surface area contributed by atoms with Gasteiger partial charge in [0.25, 0.3) is 0 Å². The van der Waals surface area contributed by atoms with Crippen LogP contribution in [0.4, 0.5) is 0 Å². The van der Waals surface area contributed by atoms with Gasteiger partial charge in [-0.1, -0.05) is 91.0 Å². The highest BCUT2D eigenvalue weighted by Gasteiger charge is 2.20. The Morgan fingerprint density at radius 3 is 2.04 bits per heavy atom. The van der Waals surface area contributed by atoms with Crippen molar-refractivity contribution in [3.8, 4) is 34.0 Å². The van der Waals surface area contributed by atoms with E-state index >= 15 is 0 Å². The summed E-state index contributed by atoms with van der Waals surface area (Å²) >= 11 is 1.81. The van der Waals surface area contributed by atoms with E-state index < -0.39 is 0 Å². The summed E-state index contributed by atoms with van der Waals surface area (Å²) in [5, 5.41) is 17.2. The predicted molar refractivity (Wildman–Crippen MR) is 197 cm³/mol. The van der Waals surface area contributed by atoms with Crippen LogP contribution in [-0.2, 0) is 0 Å². The van der Waals surface area contributed by atoms with Crippen molar-refractivity contribution in [3.05, 3.63) is 151 Å².